The standard InChI is InChI=1S/C27H29F3N4O2/c1-14(17-6-5-7-18(23(17)28)24(29)30)31-25-20-13-22-21(12-19(20)15(2)32-33-25)27(3,4)26(35)34(22)16-8-10-36-11-9-16/h5-7,12-14,16,24H,8-11H2,1-4H3,(H,31,33)/t14-/m1/s1. The second-order valence-electron chi connectivity index (χ2n) is 10.1. The molecule has 6 nitrogen and oxygen atoms in total. The molecule has 0 unspecified atom stereocenters. The zero-order valence-electron chi connectivity index (χ0n) is 20.7. The molecule has 1 saturated heterocycles. The number of nitrogens with one attached hydrogen (secondary N) is 1. The van der Waals surface area contributed by atoms with Gasteiger partial charge in [0.2, 0.25) is 5.91 Å². The second-order valence-corrected chi connectivity index (χ2v) is 10.1. The molecule has 36 heavy (non-hydrogen) atoms. The van der Waals surface area contributed by atoms with Crippen LogP contribution in [0.1, 0.15) is 68.5 Å². The third-order valence-corrected chi connectivity index (χ3v) is 7.44. The Hall–Kier alpha value is -3.20. The van der Waals surface area contributed by atoms with Crippen LogP contribution in [0.15, 0.2) is 30.3 Å². The highest BCUT2D eigenvalue weighted by Gasteiger charge is 2.47. The molecule has 1 atom stereocenters. The predicted octanol–water partition coefficient (Wildman–Crippen LogP) is 5.99. The average Bonchev–Trinajstić information content (AvgIpc) is 3.05. The highest BCUT2D eigenvalue weighted by Crippen LogP contribution is 2.46. The molecule has 0 spiro atoms. The maximum Gasteiger partial charge on any atom is 0.266 e. The molecule has 0 aliphatic carbocycles. The van der Waals surface area contributed by atoms with Gasteiger partial charge in [0.25, 0.3) is 6.43 Å². The summed E-state index contributed by atoms with van der Waals surface area (Å²) in [6, 6.07) is 7.33. The minimum absolute atomic E-state index is 0.0432. The van der Waals surface area contributed by atoms with Crippen molar-refractivity contribution in [1.29, 1.82) is 0 Å². The summed E-state index contributed by atoms with van der Waals surface area (Å²) in [6.07, 6.45) is -1.39. The number of ether oxygens (including phenoxy) is 1. The van der Waals surface area contributed by atoms with Crippen LogP contribution in [0.4, 0.5) is 24.7 Å². The Kier molecular flexibility index (Phi) is 6.14. The average molecular weight is 499 g/mol. The molecule has 1 fully saturated rings. The van der Waals surface area contributed by atoms with Crippen molar-refractivity contribution in [2.75, 3.05) is 23.4 Å². The summed E-state index contributed by atoms with van der Waals surface area (Å²) in [5.41, 5.74) is 1.24. The van der Waals surface area contributed by atoms with Crippen LogP contribution in [-0.4, -0.2) is 35.4 Å². The first-order valence-corrected chi connectivity index (χ1v) is 12.2. The van der Waals surface area contributed by atoms with E-state index in [1.54, 1.807) is 6.92 Å². The largest absolute Gasteiger partial charge is 0.381 e. The molecule has 0 saturated carbocycles. The maximum atomic E-state index is 14.8. The fourth-order valence-electron chi connectivity index (χ4n) is 5.31. The van der Waals surface area contributed by atoms with Gasteiger partial charge in [-0.15, -0.1) is 5.10 Å². The SMILES string of the molecule is Cc1nnc(N[C@H](C)c2cccc(C(F)F)c2F)c2cc3c(cc12)C(C)(C)C(=O)N3C1CCOCC1. The first-order valence-electron chi connectivity index (χ1n) is 12.2. The van der Waals surface area contributed by atoms with Crippen molar-refractivity contribution in [2.45, 2.75) is 64.5 Å². The first-order chi connectivity index (χ1) is 17.1. The van der Waals surface area contributed by atoms with E-state index in [1.807, 2.05) is 37.8 Å². The molecular formula is C27H29F3N4O2. The number of aryl methyl sites for hydroxylation is 1. The van der Waals surface area contributed by atoms with Crippen LogP contribution in [0.25, 0.3) is 10.8 Å². The van der Waals surface area contributed by atoms with Gasteiger partial charge in [0, 0.05) is 41.3 Å². The molecule has 3 heterocycles. The van der Waals surface area contributed by atoms with Gasteiger partial charge in [-0.25, -0.2) is 13.2 Å². The Labute approximate surface area is 207 Å². The lowest BCUT2D eigenvalue weighted by atomic mass is 9.85. The highest BCUT2D eigenvalue weighted by atomic mass is 19.3. The number of rotatable bonds is 5. The summed E-state index contributed by atoms with van der Waals surface area (Å²) >= 11 is 0. The lowest BCUT2D eigenvalue weighted by Crippen LogP contribution is -2.45. The van der Waals surface area contributed by atoms with Gasteiger partial charge in [-0.3, -0.25) is 4.79 Å². The van der Waals surface area contributed by atoms with E-state index in [4.69, 9.17) is 4.74 Å². The van der Waals surface area contributed by atoms with E-state index in [2.05, 4.69) is 15.5 Å². The summed E-state index contributed by atoms with van der Waals surface area (Å²) in [5.74, 6) is -0.486. The monoisotopic (exact) mass is 498 g/mol. The van der Waals surface area contributed by atoms with Gasteiger partial charge in [0.15, 0.2) is 5.82 Å². The Morgan fingerprint density at radius 3 is 2.50 bits per heavy atom. The van der Waals surface area contributed by atoms with Gasteiger partial charge >= 0.3 is 0 Å². The highest BCUT2D eigenvalue weighted by molar-refractivity contribution is 6.11. The molecule has 2 aliphatic heterocycles. The third kappa shape index (κ3) is 3.89. The molecule has 3 aromatic rings. The summed E-state index contributed by atoms with van der Waals surface area (Å²) in [6.45, 7) is 8.62. The molecule has 5 rings (SSSR count). The van der Waals surface area contributed by atoms with E-state index >= 15 is 0 Å². The van der Waals surface area contributed by atoms with Gasteiger partial charge in [-0.05, 0) is 58.2 Å². The van der Waals surface area contributed by atoms with Crippen LogP contribution in [0, 0.1) is 12.7 Å². The van der Waals surface area contributed by atoms with E-state index < -0.39 is 29.3 Å². The fraction of sp³-hybridized carbons (Fsp3) is 0.444. The minimum Gasteiger partial charge on any atom is -0.381 e. The quantitative estimate of drug-likeness (QED) is 0.468. The van der Waals surface area contributed by atoms with Crippen molar-refractivity contribution < 1.29 is 22.7 Å². The molecule has 9 heteroatoms. The van der Waals surface area contributed by atoms with Gasteiger partial charge in [0.1, 0.15) is 5.82 Å². The smallest absolute Gasteiger partial charge is 0.266 e. The normalized spacial score (nSPS) is 18.7. The lowest BCUT2D eigenvalue weighted by Gasteiger charge is -2.32. The second kappa shape index (κ2) is 9.03. The van der Waals surface area contributed by atoms with Gasteiger partial charge in [0.05, 0.1) is 22.7 Å². The number of halogens is 3. The Morgan fingerprint density at radius 2 is 1.81 bits per heavy atom. The number of hydrogen-bond acceptors (Lipinski definition) is 5. The Morgan fingerprint density at radius 1 is 1.11 bits per heavy atom. The molecule has 0 radical (unpaired) electrons. The zero-order chi connectivity index (χ0) is 25.8. The molecule has 190 valence electrons. The molecule has 2 aliphatic rings. The Balaban J connectivity index is 1.60. The summed E-state index contributed by atoms with van der Waals surface area (Å²) < 4.78 is 46.8. The van der Waals surface area contributed by atoms with Crippen molar-refractivity contribution in [1.82, 2.24) is 10.2 Å². The summed E-state index contributed by atoms with van der Waals surface area (Å²) in [5, 5.41) is 13.3. The number of carbonyl (C=O) groups excluding carboxylic acids is 1. The number of amides is 1. The van der Waals surface area contributed by atoms with Crippen LogP contribution in [0.2, 0.25) is 0 Å². The summed E-state index contributed by atoms with van der Waals surface area (Å²) in [4.78, 5) is 15.4. The first kappa shape index (κ1) is 24.5. The van der Waals surface area contributed by atoms with Crippen LogP contribution in [0.3, 0.4) is 0 Å². The number of anilines is 2. The van der Waals surface area contributed by atoms with Crippen LogP contribution in [0.5, 0.6) is 0 Å². The van der Waals surface area contributed by atoms with Crippen molar-refractivity contribution in [3.05, 3.63) is 58.5 Å². The fourth-order valence-corrected chi connectivity index (χ4v) is 5.31. The lowest BCUT2D eigenvalue weighted by molar-refractivity contribution is -0.122. The minimum atomic E-state index is -2.91. The number of benzene rings is 2. The molecule has 1 amide bonds. The van der Waals surface area contributed by atoms with Crippen LogP contribution >= 0.6 is 0 Å². The van der Waals surface area contributed by atoms with Crippen molar-refractivity contribution >= 4 is 28.2 Å². The maximum absolute atomic E-state index is 14.8. The molecule has 2 aromatic carbocycles. The van der Waals surface area contributed by atoms with Crippen LogP contribution < -0.4 is 10.2 Å². The predicted molar refractivity (Wildman–Crippen MR) is 132 cm³/mol. The molecule has 1 N–H and O–H groups in total. The number of alkyl halides is 2. The third-order valence-electron chi connectivity index (χ3n) is 7.44. The topological polar surface area (TPSA) is 67.4 Å². The van der Waals surface area contributed by atoms with Gasteiger partial charge < -0.3 is 15.0 Å². The van der Waals surface area contributed by atoms with Crippen molar-refractivity contribution in [2.24, 2.45) is 0 Å². The van der Waals surface area contributed by atoms with Gasteiger partial charge in [-0.2, -0.15) is 5.10 Å². The number of nitrogens with zero attached hydrogens (tertiary/aromatic N) is 3. The number of hydrogen-bond donors (Lipinski definition) is 1. The summed E-state index contributed by atoms with van der Waals surface area (Å²) in [7, 11) is 0. The number of fused-ring (bicyclic) bond motifs is 2. The number of carbonyl (C=O) groups is 1. The molecular weight excluding hydrogens is 469 g/mol. The zero-order valence-corrected chi connectivity index (χ0v) is 20.7. The number of aromatic nitrogens is 2. The van der Waals surface area contributed by atoms with E-state index in [-0.39, 0.29) is 17.5 Å². The van der Waals surface area contributed by atoms with Gasteiger partial charge in [-0.1, -0.05) is 18.2 Å². The van der Waals surface area contributed by atoms with E-state index in [1.165, 1.54) is 12.1 Å². The molecule has 1 aromatic heterocycles. The van der Waals surface area contributed by atoms with Crippen LogP contribution in [-0.2, 0) is 14.9 Å². The van der Waals surface area contributed by atoms with Crippen molar-refractivity contribution in [3.63, 3.8) is 0 Å². The van der Waals surface area contributed by atoms with Crippen molar-refractivity contribution in [3.8, 4) is 0 Å². The molecule has 0 bridgehead atoms. The Bertz CT molecular complexity index is 1340. The van der Waals surface area contributed by atoms with E-state index in [9.17, 15) is 18.0 Å². The van der Waals surface area contributed by atoms with E-state index in [0.717, 1.165) is 40.9 Å². The van der Waals surface area contributed by atoms with E-state index in [0.29, 0.717) is 24.7 Å².